The number of amides is 3. The fraction of sp³-hybridized carbons (Fsp3) is 0.500. The van der Waals surface area contributed by atoms with E-state index < -0.39 is 34.2 Å². The molecule has 6 atom stereocenters. The second-order valence-electron chi connectivity index (χ2n) is 11.6. The fourth-order valence-electron chi connectivity index (χ4n) is 6.52. The van der Waals surface area contributed by atoms with E-state index in [1.807, 2.05) is 58.0 Å². The number of aliphatic hydroxyl groups excluding tert-OH is 1. The quantitative estimate of drug-likeness (QED) is 0.461. The van der Waals surface area contributed by atoms with Gasteiger partial charge in [-0.25, -0.2) is 0 Å². The standard InChI is InChI=1S/C30H37N3O5S/c1-5-38-20-13-11-19(12-14-20)31-26(35)23-22-15-16-30(39-22)24(23)28(37)33(25(30)27(36)32-29(2,3)4)21(17-34)18-9-7-6-8-10-18/h6-14,21-25,34H,5,15-17H2,1-4H3,(H,31,35)(H,32,36)/t21-,22+,23-,24+,25?,30?/m1/s1. The number of anilines is 1. The monoisotopic (exact) mass is 551 g/mol. The van der Waals surface area contributed by atoms with E-state index in [4.69, 9.17) is 4.74 Å². The van der Waals surface area contributed by atoms with Gasteiger partial charge in [0.25, 0.3) is 0 Å². The normalized spacial score (nSPS) is 28.2. The van der Waals surface area contributed by atoms with Crippen molar-refractivity contribution in [2.24, 2.45) is 11.8 Å². The number of nitrogens with zero attached hydrogens (tertiary/aromatic N) is 1. The van der Waals surface area contributed by atoms with Crippen LogP contribution in [0.5, 0.6) is 5.75 Å². The van der Waals surface area contributed by atoms with Gasteiger partial charge in [-0.05, 0) is 70.4 Å². The van der Waals surface area contributed by atoms with Gasteiger partial charge >= 0.3 is 0 Å². The first-order valence-corrected chi connectivity index (χ1v) is 14.5. The number of carbonyl (C=O) groups is 3. The van der Waals surface area contributed by atoms with Crippen LogP contribution in [0.4, 0.5) is 5.69 Å². The van der Waals surface area contributed by atoms with Crippen molar-refractivity contribution >= 4 is 35.2 Å². The smallest absolute Gasteiger partial charge is 0.244 e. The second kappa shape index (κ2) is 10.5. The van der Waals surface area contributed by atoms with Crippen LogP contribution in [-0.4, -0.2) is 62.5 Å². The SMILES string of the molecule is CCOc1ccc(NC(=O)[C@@H]2[C@@H]3CCC4(S3)C(C(=O)NC(C)(C)C)N([C@H](CO)c3ccccc3)C(=O)[C@H]24)cc1. The average molecular weight is 552 g/mol. The first-order chi connectivity index (χ1) is 18.6. The summed E-state index contributed by atoms with van der Waals surface area (Å²) in [7, 11) is 0. The zero-order valence-electron chi connectivity index (χ0n) is 22.8. The van der Waals surface area contributed by atoms with Crippen molar-refractivity contribution in [2.45, 2.75) is 68.2 Å². The zero-order valence-corrected chi connectivity index (χ0v) is 23.7. The summed E-state index contributed by atoms with van der Waals surface area (Å²) in [5.74, 6) is -1.21. The lowest BCUT2D eigenvalue weighted by Crippen LogP contribution is -2.57. The molecule has 2 unspecified atom stereocenters. The minimum absolute atomic E-state index is 0.0574. The number of nitrogens with one attached hydrogen (secondary N) is 2. The summed E-state index contributed by atoms with van der Waals surface area (Å²) < 4.78 is 4.77. The lowest BCUT2D eigenvalue weighted by molar-refractivity contribution is -0.142. The molecular weight excluding hydrogens is 514 g/mol. The lowest BCUT2D eigenvalue weighted by Gasteiger charge is -2.38. The maximum atomic E-state index is 14.3. The van der Waals surface area contributed by atoms with Gasteiger partial charge in [-0.2, -0.15) is 0 Å². The van der Waals surface area contributed by atoms with Gasteiger partial charge in [0.05, 0.1) is 35.8 Å². The van der Waals surface area contributed by atoms with Gasteiger partial charge < -0.3 is 25.4 Å². The summed E-state index contributed by atoms with van der Waals surface area (Å²) in [6.07, 6.45) is 1.41. The Bertz CT molecular complexity index is 1230. The van der Waals surface area contributed by atoms with Crippen LogP contribution in [0.15, 0.2) is 54.6 Å². The van der Waals surface area contributed by atoms with Gasteiger partial charge in [0.1, 0.15) is 11.8 Å². The van der Waals surface area contributed by atoms with Crippen LogP contribution in [0.2, 0.25) is 0 Å². The number of fused-ring (bicyclic) bond motifs is 1. The Labute approximate surface area is 233 Å². The first kappa shape index (κ1) is 27.5. The van der Waals surface area contributed by atoms with Crippen LogP contribution >= 0.6 is 11.8 Å². The van der Waals surface area contributed by atoms with Gasteiger partial charge in [-0.3, -0.25) is 14.4 Å². The van der Waals surface area contributed by atoms with Crippen LogP contribution in [0.25, 0.3) is 0 Å². The van der Waals surface area contributed by atoms with Gasteiger partial charge in [0, 0.05) is 16.5 Å². The summed E-state index contributed by atoms with van der Waals surface area (Å²) in [5.41, 5.74) is 0.883. The molecule has 39 heavy (non-hydrogen) atoms. The molecule has 3 fully saturated rings. The number of aliphatic hydroxyl groups is 1. The van der Waals surface area contributed by atoms with E-state index in [2.05, 4.69) is 10.6 Å². The summed E-state index contributed by atoms with van der Waals surface area (Å²) >= 11 is 1.61. The highest BCUT2D eigenvalue weighted by atomic mass is 32.2. The Morgan fingerprint density at radius 1 is 1.13 bits per heavy atom. The number of benzene rings is 2. The van der Waals surface area contributed by atoms with Crippen LogP contribution < -0.4 is 15.4 Å². The number of thioether (sulfide) groups is 1. The van der Waals surface area contributed by atoms with E-state index >= 15 is 0 Å². The van der Waals surface area contributed by atoms with Crippen LogP contribution in [-0.2, 0) is 14.4 Å². The molecule has 3 N–H and O–H groups in total. The summed E-state index contributed by atoms with van der Waals surface area (Å²) in [6, 6.07) is 15.0. The zero-order chi connectivity index (χ0) is 27.9. The molecule has 3 heterocycles. The lowest BCUT2D eigenvalue weighted by atomic mass is 9.70. The van der Waals surface area contributed by atoms with Crippen LogP contribution in [0.1, 0.15) is 52.1 Å². The third-order valence-electron chi connectivity index (χ3n) is 7.91. The molecule has 0 radical (unpaired) electrons. The minimum Gasteiger partial charge on any atom is -0.494 e. The van der Waals surface area contributed by atoms with Gasteiger partial charge in [-0.1, -0.05) is 30.3 Å². The van der Waals surface area contributed by atoms with Crippen molar-refractivity contribution in [2.75, 3.05) is 18.5 Å². The highest BCUT2D eigenvalue weighted by Crippen LogP contribution is 2.67. The molecule has 3 aliphatic heterocycles. The maximum absolute atomic E-state index is 14.3. The Kier molecular flexibility index (Phi) is 7.41. The predicted octanol–water partition coefficient (Wildman–Crippen LogP) is 3.76. The molecular formula is C30H37N3O5S. The molecule has 2 aromatic rings. The molecule has 5 rings (SSSR count). The molecule has 9 heteroatoms. The van der Waals surface area contributed by atoms with Crippen molar-refractivity contribution < 1.29 is 24.2 Å². The molecule has 8 nitrogen and oxygen atoms in total. The van der Waals surface area contributed by atoms with Crippen molar-refractivity contribution in [1.82, 2.24) is 10.2 Å². The highest BCUT2D eigenvalue weighted by molar-refractivity contribution is 8.02. The minimum atomic E-state index is -0.801. The summed E-state index contributed by atoms with van der Waals surface area (Å²) in [5, 5.41) is 16.6. The Morgan fingerprint density at radius 3 is 2.44 bits per heavy atom. The van der Waals surface area contributed by atoms with Crippen molar-refractivity contribution in [3.63, 3.8) is 0 Å². The molecule has 3 saturated heterocycles. The van der Waals surface area contributed by atoms with Gasteiger partial charge in [-0.15, -0.1) is 11.8 Å². The molecule has 0 aliphatic carbocycles. The predicted molar refractivity (Wildman–Crippen MR) is 151 cm³/mol. The maximum Gasteiger partial charge on any atom is 0.244 e. The van der Waals surface area contributed by atoms with E-state index in [0.29, 0.717) is 18.7 Å². The fourth-order valence-corrected chi connectivity index (χ4v) is 8.73. The van der Waals surface area contributed by atoms with Gasteiger partial charge in [0.15, 0.2) is 0 Å². The number of likely N-dealkylation sites (tertiary alicyclic amines) is 1. The van der Waals surface area contributed by atoms with Crippen molar-refractivity contribution in [1.29, 1.82) is 0 Å². The molecule has 3 aliphatic rings. The molecule has 0 aromatic heterocycles. The second-order valence-corrected chi connectivity index (χ2v) is 13.2. The number of ether oxygens (including phenoxy) is 1. The first-order valence-electron chi connectivity index (χ1n) is 13.6. The average Bonchev–Trinajstić information content (AvgIpc) is 3.53. The van der Waals surface area contributed by atoms with Crippen molar-refractivity contribution in [3.05, 3.63) is 60.2 Å². The van der Waals surface area contributed by atoms with E-state index in [9.17, 15) is 19.5 Å². The molecule has 1 spiro atoms. The van der Waals surface area contributed by atoms with Crippen molar-refractivity contribution in [3.8, 4) is 5.75 Å². The van der Waals surface area contributed by atoms with Crippen LogP contribution in [0, 0.1) is 11.8 Å². The largest absolute Gasteiger partial charge is 0.494 e. The van der Waals surface area contributed by atoms with Gasteiger partial charge in [0.2, 0.25) is 17.7 Å². The number of carbonyl (C=O) groups excluding carboxylic acids is 3. The van der Waals surface area contributed by atoms with E-state index in [-0.39, 0.29) is 29.6 Å². The summed E-state index contributed by atoms with van der Waals surface area (Å²) in [6.45, 7) is 7.87. The Morgan fingerprint density at radius 2 is 1.82 bits per heavy atom. The molecule has 3 amide bonds. The molecule has 208 valence electrons. The molecule has 0 saturated carbocycles. The number of hydrogen-bond donors (Lipinski definition) is 3. The molecule has 2 aromatic carbocycles. The molecule has 2 bridgehead atoms. The van der Waals surface area contributed by atoms with E-state index in [1.54, 1.807) is 40.9 Å². The van der Waals surface area contributed by atoms with Crippen LogP contribution in [0.3, 0.4) is 0 Å². The number of hydrogen-bond acceptors (Lipinski definition) is 6. The Hall–Kier alpha value is -3.04. The summed E-state index contributed by atoms with van der Waals surface area (Å²) in [4.78, 5) is 43.6. The Balaban J connectivity index is 1.50. The number of rotatable bonds is 8. The topological polar surface area (TPSA) is 108 Å². The van der Waals surface area contributed by atoms with E-state index in [0.717, 1.165) is 17.7 Å². The highest BCUT2D eigenvalue weighted by Gasteiger charge is 2.74. The third-order valence-corrected chi connectivity index (χ3v) is 9.87. The third kappa shape index (κ3) is 4.91. The van der Waals surface area contributed by atoms with E-state index in [1.165, 1.54) is 0 Å².